The summed E-state index contributed by atoms with van der Waals surface area (Å²) in [6.45, 7) is 8.97. The smallest absolute Gasteiger partial charge is 0.185 e. The fourth-order valence-corrected chi connectivity index (χ4v) is 11.0. The van der Waals surface area contributed by atoms with Gasteiger partial charge in [-0.1, -0.05) is 93.9 Å². The van der Waals surface area contributed by atoms with Crippen LogP contribution in [0.5, 0.6) is 0 Å². The van der Waals surface area contributed by atoms with Gasteiger partial charge in [0.1, 0.15) is 46.3 Å². The summed E-state index contributed by atoms with van der Waals surface area (Å²) < 4.78 is 16.4. The Labute approximate surface area is 307 Å². The highest BCUT2D eigenvalue weighted by atomic mass is 32.1. The summed E-state index contributed by atoms with van der Waals surface area (Å²) in [5.74, 6) is 0. The average molecular weight is 727 g/mol. The molecule has 0 bridgehead atoms. The van der Waals surface area contributed by atoms with Crippen molar-refractivity contribution >= 4 is 110 Å². The van der Waals surface area contributed by atoms with E-state index in [1.807, 2.05) is 45.3 Å². The lowest BCUT2D eigenvalue weighted by atomic mass is 10.0. The van der Waals surface area contributed by atoms with Crippen molar-refractivity contribution < 1.29 is 17.6 Å². The number of benzene rings is 4. The molecule has 4 heterocycles. The second kappa shape index (κ2) is 14.0. The Hall–Kier alpha value is -4.60. The van der Waals surface area contributed by atoms with E-state index in [-0.39, 0.29) is 0 Å². The molecule has 50 heavy (non-hydrogen) atoms. The molecular weight excluding hydrogens is 689 g/mol. The summed E-state index contributed by atoms with van der Waals surface area (Å²) >= 11 is 7.33. The van der Waals surface area contributed by atoms with Crippen molar-refractivity contribution in [2.24, 2.45) is 14.1 Å². The Morgan fingerprint density at radius 2 is 0.840 bits per heavy atom. The molecular formula is C42H38N4S4+4. The van der Waals surface area contributed by atoms with Gasteiger partial charge in [-0.15, -0.1) is 0 Å². The van der Waals surface area contributed by atoms with Crippen molar-refractivity contribution in [3.05, 3.63) is 142 Å². The van der Waals surface area contributed by atoms with E-state index >= 15 is 0 Å². The van der Waals surface area contributed by atoms with Crippen LogP contribution in [0.25, 0.3) is 64.2 Å². The summed E-state index contributed by atoms with van der Waals surface area (Å²) in [4.78, 5) is 0. The minimum Gasteiger partial charge on any atom is -0.185 e. The molecule has 0 N–H and O–H groups in total. The predicted octanol–water partition coefficient (Wildman–Crippen LogP) is 8.04. The van der Waals surface area contributed by atoms with Gasteiger partial charge in [-0.25, -0.2) is 0 Å². The van der Waals surface area contributed by atoms with Crippen LogP contribution in [-0.4, -0.2) is 0 Å². The van der Waals surface area contributed by atoms with Crippen molar-refractivity contribution in [3.63, 3.8) is 0 Å². The first-order chi connectivity index (χ1) is 24.5. The highest BCUT2D eigenvalue weighted by molar-refractivity contribution is 7.19. The van der Waals surface area contributed by atoms with Gasteiger partial charge in [-0.05, 0) is 62.1 Å². The summed E-state index contributed by atoms with van der Waals surface area (Å²) in [6.07, 6.45) is 13.3. The van der Waals surface area contributed by atoms with Crippen LogP contribution < -0.4 is 26.9 Å². The van der Waals surface area contributed by atoms with Gasteiger partial charge in [-0.3, -0.25) is 0 Å². The van der Waals surface area contributed by atoms with Gasteiger partial charge in [-0.2, -0.15) is 17.6 Å². The molecule has 8 heteroatoms. The lowest BCUT2D eigenvalue weighted by Crippen LogP contribution is -2.32. The van der Waals surface area contributed by atoms with Crippen LogP contribution in [0.1, 0.15) is 35.7 Å². The number of aromatic nitrogens is 4. The number of allylic oxidation sites excluding steroid dienone is 2. The fourth-order valence-electron chi connectivity index (χ4n) is 6.58. The lowest BCUT2D eigenvalue weighted by molar-refractivity contribution is -0.642. The molecule has 8 aromatic rings. The zero-order chi connectivity index (χ0) is 34.2. The number of fused-ring (bicyclic) bond motifs is 4. The predicted molar refractivity (Wildman–Crippen MR) is 214 cm³/mol. The van der Waals surface area contributed by atoms with Crippen molar-refractivity contribution in [2.75, 3.05) is 0 Å². The zero-order valence-corrected chi connectivity index (χ0v) is 31.5. The topological polar surface area (TPSA) is 19.6 Å². The Balaban J connectivity index is 1.13. The lowest BCUT2D eigenvalue weighted by Gasteiger charge is -2.01. The molecule has 0 saturated heterocycles. The summed E-state index contributed by atoms with van der Waals surface area (Å²) in [5.41, 5.74) is 7.51. The maximum Gasteiger partial charge on any atom is 0.270 e. The molecule has 4 aromatic heterocycles. The zero-order valence-electron chi connectivity index (χ0n) is 28.2. The number of unbranched alkanes of at least 4 members (excludes halogenated alkanes) is 1. The maximum atomic E-state index is 4.49. The number of nitrogens with zero attached hydrogens (tertiary/aromatic N) is 4. The number of aryl methyl sites for hydroxylation is 2. The van der Waals surface area contributed by atoms with Crippen LogP contribution in [0.4, 0.5) is 0 Å². The molecule has 0 spiro atoms. The first-order valence-corrected chi connectivity index (χ1v) is 20.1. The van der Waals surface area contributed by atoms with E-state index in [0.717, 1.165) is 25.7 Å². The molecule has 246 valence electrons. The van der Waals surface area contributed by atoms with Crippen LogP contribution in [-0.2, 0) is 14.1 Å². The summed E-state index contributed by atoms with van der Waals surface area (Å²) in [5, 5.41) is 2.47. The molecule has 8 rings (SSSR count). The van der Waals surface area contributed by atoms with Crippen LogP contribution in [0.15, 0.2) is 109 Å². The molecule has 0 unspecified atom stereocenters. The first kappa shape index (κ1) is 32.6. The Morgan fingerprint density at radius 3 is 1.20 bits per heavy atom. The third-order valence-electron chi connectivity index (χ3n) is 9.30. The molecule has 0 saturated carbocycles. The number of hydrogen-bond acceptors (Lipinski definition) is 4. The van der Waals surface area contributed by atoms with E-state index in [0.29, 0.717) is 0 Å². The largest absolute Gasteiger partial charge is 0.270 e. The van der Waals surface area contributed by atoms with Gasteiger partial charge >= 0.3 is 0 Å². The monoisotopic (exact) mass is 726 g/mol. The van der Waals surface area contributed by atoms with E-state index in [1.54, 1.807) is 0 Å². The molecule has 0 amide bonds. The van der Waals surface area contributed by atoms with Gasteiger partial charge in [0.15, 0.2) is 0 Å². The van der Waals surface area contributed by atoms with E-state index in [2.05, 4.69) is 167 Å². The maximum absolute atomic E-state index is 4.49. The van der Waals surface area contributed by atoms with Gasteiger partial charge in [0.25, 0.3) is 19.3 Å². The van der Waals surface area contributed by atoms with Gasteiger partial charge < -0.3 is 0 Å². The van der Waals surface area contributed by atoms with Crippen LogP contribution >= 0.6 is 45.3 Å². The minimum absolute atomic E-state index is 0.965. The second-order valence-electron chi connectivity index (χ2n) is 12.5. The van der Waals surface area contributed by atoms with Crippen molar-refractivity contribution in [3.8, 4) is 0 Å². The molecule has 0 aliphatic heterocycles. The second-order valence-corrected chi connectivity index (χ2v) is 16.7. The molecule has 0 aliphatic rings. The number of hydrogen-bond donors (Lipinski definition) is 0. The fraction of sp³-hybridized carbons (Fsp3) is 0.143. The standard InChI is InChI=1S/C42H38N4S4/c1-43-31-17-7-11-21-35(31)47-39(43)27-25-29(41-45(3)33-19-9-13-23-37(33)49-41)15-5-6-16-30(42-46(4)34-20-10-14-24-38(34)50-42)26-28-40-44(2)32-18-8-12-22-36(32)48-40/h7-14,17-28H,3-6,15-16H2,1-2H3/q+4/b27-25+,28-26+,41-29-,42-30+. The molecule has 0 aliphatic carbocycles. The Morgan fingerprint density at radius 1 is 0.500 bits per heavy atom. The number of thiazole rings is 4. The molecule has 4 aromatic carbocycles. The highest BCUT2D eigenvalue weighted by Crippen LogP contribution is 2.25. The number of para-hydroxylation sites is 4. The molecule has 0 radical (unpaired) electrons. The third kappa shape index (κ3) is 6.18. The van der Waals surface area contributed by atoms with Crippen molar-refractivity contribution in [1.29, 1.82) is 0 Å². The van der Waals surface area contributed by atoms with Crippen LogP contribution in [0.3, 0.4) is 0 Å². The van der Waals surface area contributed by atoms with Gasteiger partial charge in [0.2, 0.25) is 22.1 Å². The van der Waals surface area contributed by atoms with E-state index in [9.17, 15) is 0 Å². The first-order valence-electron chi connectivity index (χ1n) is 16.8. The Bertz CT molecular complexity index is 2650. The quantitative estimate of drug-likeness (QED) is 0.106. The molecule has 0 fully saturated rings. The third-order valence-corrected chi connectivity index (χ3v) is 14.2. The Kier molecular flexibility index (Phi) is 9.10. The van der Waals surface area contributed by atoms with E-state index in [1.165, 1.54) is 71.4 Å². The highest BCUT2D eigenvalue weighted by Gasteiger charge is 2.18. The molecule has 0 atom stereocenters. The normalized spacial score (nSPS) is 13.6. The summed E-state index contributed by atoms with van der Waals surface area (Å²) in [6, 6.07) is 34.4. The average Bonchev–Trinajstić information content (AvgIpc) is 3.87. The van der Waals surface area contributed by atoms with Gasteiger partial charge in [0.05, 0.1) is 0 Å². The minimum atomic E-state index is 0.965. The summed E-state index contributed by atoms with van der Waals surface area (Å²) in [7, 11) is 4.32. The van der Waals surface area contributed by atoms with Crippen LogP contribution in [0.2, 0.25) is 0 Å². The number of rotatable bonds is 9. The van der Waals surface area contributed by atoms with Gasteiger partial charge in [0, 0.05) is 47.6 Å². The SMILES string of the molecule is C=[n+]1/c(=C(/C=C/c2sc3ccccc3[n+]2C)CCCCC(/C=C/c2sc3ccccc3[n+]2C)=c2\sc3ccccc3[n+]2=C)sc2ccccc21. The van der Waals surface area contributed by atoms with Crippen molar-refractivity contribution in [2.45, 2.75) is 25.7 Å². The molecule has 4 nitrogen and oxygen atoms in total. The van der Waals surface area contributed by atoms with Crippen molar-refractivity contribution in [1.82, 2.24) is 0 Å². The van der Waals surface area contributed by atoms with Crippen LogP contribution in [0, 0.1) is 13.4 Å². The van der Waals surface area contributed by atoms with E-state index in [4.69, 9.17) is 0 Å². The van der Waals surface area contributed by atoms with E-state index < -0.39 is 0 Å².